The fourth-order valence-corrected chi connectivity index (χ4v) is 3.89. The van der Waals surface area contributed by atoms with E-state index in [9.17, 15) is 22.8 Å². The van der Waals surface area contributed by atoms with Crippen LogP contribution in [-0.4, -0.2) is 48.9 Å². The minimum absolute atomic E-state index is 0.0761. The van der Waals surface area contributed by atoms with Gasteiger partial charge in [0.25, 0.3) is 5.91 Å². The van der Waals surface area contributed by atoms with Crippen LogP contribution in [0.2, 0.25) is 5.02 Å². The van der Waals surface area contributed by atoms with E-state index in [-0.39, 0.29) is 28.0 Å². The van der Waals surface area contributed by atoms with Crippen LogP contribution in [0.4, 0.5) is 35.0 Å². The first-order valence-corrected chi connectivity index (χ1v) is 11.8. The van der Waals surface area contributed by atoms with Crippen molar-refractivity contribution in [2.45, 2.75) is 6.18 Å². The van der Waals surface area contributed by atoms with Gasteiger partial charge in [-0.05, 0) is 48.5 Å². The van der Waals surface area contributed by atoms with Crippen molar-refractivity contribution in [2.75, 3.05) is 30.4 Å². The summed E-state index contributed by atoms with van der Waals surface area (Å²) in [6.07, 6.45) is -4.02. The Morgan fingerprint density at radius 3 is 2.34 bits per heavy atom. The molecule has 0 unspecified atom stereocenters. The monoisotopic (exact) mass is 541 g/mol. The molecule has 0 radical (unpaired) electrons. The molecule has 7 nitrogen and oxygen atoms in total. The van der Waals surface area contributed by atoms with Gasteiger partial charge < -0.3 is 16.0 Å². The number of para-hydroxylation sites is 1. The van der Waals surface area contributed by atoms with Gasteiger partial charge in [-0.1, -0.05) is 41.9 Å². The molecule has 3 aromatic rings. The van der Waals surface area contributed by atoms with Crippen molar-refractivity contribution in [3.05, 3.63) is 101 Å². The molecule has 11 heteroatoms. The van der Waals surface area contributed by atoms with Crippen molar-refractivity contribution >= 4 is 46.3 Å². The number of likely N-dealkylation sites (N-methyl/N-ethyl adjacent to an activating group) is 1. The van der Waals surface area contributed by atoms with Crippen molar-refractivity contribution < 1.29 is 22.8 Å². The molecule has 4 rings (SSSR count). The number of carbonyl (C=O) groups excluding carboxylic acids is 2. The highest BCUT2D eigenvalue weighted by atomic mass is 35.5. The van der Waals surface area contributed by atoms with Crippen LogP contribution in [0.25, 0.3) is 0 Å². The average Bonchev–Trinajstić information content (AvgIpc) is 3.22. The molecule has 0 aromatic heterocycles. The van der Waals surface area contributed by atoms with Gasteiger partial charge in [-0.3, -0.25) is 9.69 Å². The van der Waals surface area contributed by atoms with Crippen molar-refractivity contribution in [1.82, 2.24) is 4.90 Å². The highest BCUT2D eigenvalue weighted by molar-refractivity contribution is 6.33. The van der Waals surface area contributed by atoms with Crippen LogP contribution in [-0.2, 0) is 0 Å². The second-order valence-corrected chi connectivity index (χ2v) is 8.89. The summed E-state index contributed by atoms with van der Waals surface area (Å²) in [7, 11) is 1.72. The molecule has 0 saturated carbocycles. The molecular weight excluding hydrogens is 519 g/mol. The van der Waals surface area contributed by atoms with Crippen LogP contribution in [0.5, 0.6) is 0 Å². The summed E-state index contributed by atoms with van der Waals surface area (Å²) in [4.78, 5) is 32.6. The first-order valence-electron chi connectivity index (χ1n) is 11.4. The van der Waals surface area contributed by atoms with Crippen LogP contribution in [0.1, 0.15) is 15.9 Å². The Labute approximate surface area is 222 Å². The highest BCUT2D eigenvalue weighted by Gasteiger charge is 2.32. The maximum atomic E-state index is 13.1. The number of amides is 3. The number of nitrogens with one attached hydrogen (secondary N) is 1. The zero-order valence-corrected chi connectivity index (χ0v) is 20.9. The number of carbonyl (C=O) groups is 2. The van der Waals surface area contributed by atoms with E-state index in [1.54, 1.807) is 65.4 Å². The molecule has 0 spiro atoms. The van der Waals surface area contributed by atoms with Gasteiger partial charge in [0.05, 0.1) is 16.4 Å². The first kappa shape index (κ1) is 26.7. The van der Waals surface area contributed by atoms with E-state index in [1.807, 2.05) is 0 Å². The molecule has 0 atom stereocenters. The zero-order valence-electron chi connectivity index (χ0n) is 20.2. The van der Waals surface area contributed by atoms with Crippen LogP contribution in [0.15, 0.2) is 89.6 Å². The summed E-state index contributed by atoms with van der Waals surface area (Å²) in [6.45, 7) is 1.15. The van der Waals surface area contributed by atoms with Crippen LogP contribution < -0.4 is 16.0 Å². The third kappa shape index (κ3) is 6.15. The summed E-state index contributed by atoms with van der Waals surface area (Å²) >= 11 is 6.14. The standard InChI is InChI=1S/C27H23ClF3N5O2/c1-35-13-14-36(26(35)38)20-6-4-5-19(15-20)33-25(37)18-11-9-17(10-12-18)23(16-24(32)27(29,30)31)34-22-8-3-2-7-21(22)28/h2-12,15-16H,13-14,32H2,1H3,(H,33,37). The largest absolute Gasteiger partial charge is 0.430 e. The molecule has 1 saturated heterocycles. The van der Waals surface area contributed by atoms with Crippen molar-refractivity contribution in [3.63, 3.8) is 0 Å². The molecule has 1 fully saturated rings. The zero-order chi connectivity index (χ0) is 27.4. The Kier molecular flexibility index (Phi) is 7.72. The predicted octanol–water partition coefficient (Wildman–Crippen LogP) is 5.99. The molecule has 3 N–H and O–H groups in total. The number of hydrogen-bond donors (Lipinski definition) is 2. The third-order valence-electron chi connectivity index (χ3n) is 5.79. The number of nitrogens with zero attached hydrogens (tertiary/aromatic N) is 3. The van der Waals surface area contributed by atoms with Gasteiger partial charge in [-0.25, -0.2) is 9.79 Å². The quantitative estimate of drug-likeness (QED) is 0.376. The Hall–Kier alpha value is -4.31. The molecule has 196 valence electrons. The number of allylic oxidation sites excluding steroid dienone is 2. The number of anilines is 2. The van der Waals surface area contributed by atoms with Gasteiger partial charge in [0.2, 0.25) is 0 Å². The molecular formula is C27H23ClF3N5O2. The van der Waals surface area contributed by atoms with E-state index in [1.165, 1.54) is 24.3 Å². The van der Waals surface area contributed by atoms with Crippen LogP contribution >= 0.6 is 11.6 Å². The lowest BCUT2D eigenvalue weighted by Crippen LogP contribution is -2.29. The van der Waals surface area contributed by atoms with E-state index in [4.69, 9.17) is 17.3 Å². The second-order valence-electron chi connectivity index (χ2n) is 8.48. The Bertz CT molecular complexity index is 1420. The number of halogens is 4. The van der Waals surface area contributed by atoms with E-state index in [0.29, 0.717) is 30.0 Å². The molecule has 3 amide bonds. The molecule has 3 aromatic carbocycles. The van der Waals surface area contributed by atoms with E-state index >= 15 is 0 Å². The molecule has 0 aliphatic carbocycles. The van der Waals surface area contributed by atoms with Crippen molar-refractivity contribution in [2.24, 2.45) is 10.7 Å². The van der Waals surface area contributed by atoms with E-state index in [2.05, 4.69) is 10.3 Å². The molecule has 1 aliphatic rings. The maximum Gasteiger partial charge on any atom is 0.430 e. The van der Waals surface area contributed by atoms with Crippen molar-refractivity contribution in [3.8, 4) is 0 Å². The van der Waals surface area contributed by atoms with Gasteiger partial charge in [0.1, 0.15) is 5.70 Å². The Balaban J connectivity index is 1.57. The first-order chi connectivity index (χ1) is 18.0. The molecule has 1 aliphatic heterocycles. The number of aliphatic imine (C=N–C) groups is 1. The molecule has 38 heavy (non-hydrogen) atoms. The fourth-order valence-electron chi connectivity index (χ4n) is 3.72. The third-order valence-corrected chi connectivity index (χ3v) is 6.11. The fraction of sp³-hybridized carbons (Fsp3) is 0.148. The summed E-state index contributed by atoms with van der Waals surface area (Å²) in [5.74, 6) is -0.437. The minimum atomic E-state index is -4.75. The SMILES string of the molecule is CN1CCN(c2cccc(NC(=O)c3ccc(C(C=C(N)C(F)(F)F)=Nc4ccccc4Cl)cc3)c2)C1=O. The number of benzene rings is 3. The number of alkyl halides is 3. The maximum absolute atomic E-state index is 13.1. The van der Waals surface area contributed by atoms with Gasteiger partial charge >= 0.3 is 12.2 Å². The lowest BCUT2D eigenvalue weighted by atomic mass is 10.1. The van der Waals surface area contributed by atoms with E-state index in [0.717, 1.165) is 6.08 Å². The average molecular weight is 542 g/mol. The normalized spacial score (nSPS) is 14.7. The number of rotatable bonds is 6. The number of urea groups is 1. The Morgan fingerprint density at radius 1 is 1.03 bits per heavy atom. The summed E-state index contributed by atoms with van der Waals surface area (Å²) in [5, 5.41) is 3.03. The van der Waals surface area contributed by atoms with Crippen LogP contribution in [0.3, 0.4) is 0 Å². The second kappa shape index (κ2) is 11.0. The topological polar surface area (TPSA) is 91.0 Å². The van der Waals surface area contributed by atoms with Crippen molar-refractivity contribution in [1.29, 1.82) is 0 Å². The van der Waals surface area contributed by atoms with Gasteiger partial charge in [-0.15, -0.1) is 0 Å². The lowest BCUT2D eigenvalue weighted by Gasteiger charge is -2.17. The van der Waals surface area contributed by atoms with Gasteiger partial charge in [0.15, 0.2) is 0 Å². The number of nitrogens with two attached hydrogens (primary N) is 1. The highest BCUT2D eigenvalue weighted by Crippen LogP contribution is 2.27. The van der Waals surface area contributed by atoms with Crippen LogP contribution in [0, 0.1) is 0 Å². The Morgan fingerprint density at radius 2 is 1.71 bits per heavy atom. The smallest absolute Gasteiger partial charge is 0.395 e. The predicted molar refractivity (Wildman–Crippen MR) is 142 cm³/mol. The summed E-state index contributed by atoms with van der Waals surface area (Å²) < 4.78 is 39.4. The number of hydrogen-bond acceptors (Lipinski definition) is 4. The summed E-state index contributed by atoms with van der Waals surface area (Å²) in [5.41, 5.74) is 5.82. The van der Waals surface area contributed by atoms with Gasteiger partial charge in [0, 0.05) is 42.6 Å². The molecule has 0 bridgehead atoms. The minimum Gasteiger partial charge on any atom is -0.395 e. The summed E-state index contributed by atoms with van der Waals surface area (Å²) in [6, 6.07) is 19.1. The molecule has 1 heterocycles. The lowest BCUT2D eigenvalue weighted by molar-refractivity contribution is -0.0925. The van der Waals surface area contributed by atoms with Gasteiger partial charge in [-0.2, -0.15) is 13.2 Å². The van der Waals surface area contributed by atoms with E-state index < -0.39 is 17.8 Å².